The average Bonchev–Trinajstić information content (AvgIpc) is 2.26. The molecule has 1 aromatic carbocycles. The van der Waals surface area contributed by atoms with Gasteiger partial charge in [0, 0.05) is 23.2 Å². The summed E-state index contributed by atoms with van der Waals surface area (Å²) in [6.07, 6.45) is -4.40. The number of hydrogen-bond acceptors (Lipinski definition) is 3. The number of nitrogens with one attached hydrogen (secondary N) is 1. The van der Waals surface area contributed by atoms with Gasteiger partial charge in [0.1, 0.15) is 0 Å². The minimum atomic E-state index is -4.40. The van der Waals surface area contributed by atoms with Crippen molar-refractivity contribution in [3.05, 3.63) is 22.7 Å². The molecule has 0 aliphatic carbocycles. The van der Waals surface area contributed by atoms with E-state index in [0.29, 0.717) is 17.1 Å². The van der Waals surface area contributed by atoms with Crippen molar-refractivity contribution in [3.63, 3.8) is 0 Å². The third-order valence-corrected chi connectivity index (χ3v) is 2.28. The number of alkyl halides is 3. The maximum Gasteiger partial charge on any atom is 0.422 e. The fourth-order valence-corrected chi connectivity index (χ4v) is 1.64. The third kappa shape index (κ3) is 4.27. The highest BCUT2D eigenvalue weighted by atomic mass is 35.5. The highest BCUT2D eigenvalue weighted by Crippen LogP contribution is 2.35. The maximum atomic E-state index is 12.2. The molecule has 0 fully saturated rings. The van der Waals surface area contributed by atoms with E-state index in [1.54, 1.807) is 7.05 Å². The molecule has 1 aromatic rings. The van der Waals surface area contributed by atoms with E-state index in [9.17, 15) is 13.2 Å². The standard InChI is InChI=1S/C11H13ClF3NO2/c1-16-5-7-3-8(12)4-9(17-2)10(7)18-6-11(13,14)15/h3-4,16H,5-6H2,1-2H3. The van der Waals surface area contributed by atoms with Crippen LogP contribution >= 0.6 is 11.6 Å². The summed E-state index contributed by atoms with van der Waals surface area (Å²) in [5.74, 6) is 0.227. The van der Waals surface area contributed by atoms with Gasteiger partial charge in [-0.25, -0.2) is 0 Å². The Morgan fingerprint density at radius 2 is 2.00 bits per heavy atom. The van der Waals surface area contributed by atoms with Crippen LogP contribution in [0, 0.1) is 0 Å². The van der Waals surface area contributed by atoms with E-state index in [1.807, 2.05) is 0 Å². The first kappa shape index (κ1) is 14.9. The summed E-state index contributed by atoms with van der Waals surface area (Å²) in [5.41, 5.74) is 0.506. The van der Waals surface area contributed by atoms with Gasteiger partial charge in [0.05, 0.1) is 7.11 Å². The summed E-state index contributed by atoms with van der Waals surface area (Å²) in [5, 5.41) is 3.20. The van der Waals surface area contributed by atoms with Crippen molar-refractivity contribution in [1.29, 1.82) is 0 Å². The Balaban J connectivity index is 3.04. The van der Waals surface area contributed by atoms with Crippen LogP contribution in [0.4, 0.5) is 13.2 Å². The molecule has 0 aliphatic rings. The van der Waals surface area contributed by atoms with E-state index in [2.05, 4.69) is 5.32 Å². The van der Waals surface area contributed by atoms with Gasteiger partial charge in [-0.15, -0.1) is 0 Å². The lowest BCUT2D eigenvalue weighted by molar-refractivity contribution is -0.153. The monoisotopic (exact) mass is 283 g/mol. The maximum absolute atomic E-state index is 12.2. The Morgan fingerprint density at radius 1 is 1.33 bits per heavy atom. The minimum absolute atomic E-state index is 0.0496. The number of rotatable bonds is 5. The zero-order valence-electron chi connectivity index (χ0n) is 9.90. The number of hydrogen-bond donors (Lipinski definition) is 1. The van der Waals surface area contributed by atoms with Crippen LogP contribution < -0.4 is 14.8 Å². The summed E-state index contributed by atoms with van der Waals surface area (Å²) in [4.78, 5) is 0. The van der Waals surface area contributed by atoms with Crippen LogP contribution in [-0.2, 0) is 6.54 Å². The quantitative estimate of drug-likeness (QED) is 0.901. The molecule has 0 amide bonds. The molecule has 7 heteroatoms. The van der Waals surface area contributed by atoms with Crippen molar-refractivity contribution < 1.29 is 22.6 Å². The Hall–Kier alpha value is -1.14. The Morgan fingerprint density at radius 3 is 2.50 bits per heavy atom. The van der Waals surface area contributed by atoms with Crippen molar-refractivity contribution in [3.8, 4) is 11.5 Å². The first-order valence-electron chi connectivity index (χ1n) is 5.08. The van der Waals surface area contributed by atoms with Crippen LogP contribution in [0.5, 0.6) is 11.5 Å². The Bertz CT molecular complexity index is 410. The molecule has 0 unspecified atom stereocenters. The van der Waals surface area contributed by atoms with Crippen LogP contribution in [0.25, 0.3) is 0 Å². The van der Waals surface area contributed by atoms with Gasteiger partial charge in [-0.1, -0.05) is 11.6 Å². The second-order valence-electron chi connectivity index (χ2n) is 3.53. The molecule has 3 nitrogen and oxygen atoms in total. The highest BCUT2D eigenvalue weighted by molar-refractivity contribution is 6.30. The first-order chi connectivity index (χ1) is 8.37. The van der Waals surface area contributed by atoms with Crippen molar-refractivity contribution in [1.82, 2.24) is 5.32 Å². The summed E-state index contributed by atoms with van der Waals surface area (Å²) in [6.45, 7) is -1.05. The largest absolute Gasteiger partial charge is 0.493 e. The van der Waals surface area contributed by atoms with Gasteiger partial charge in [0.15, 0.2) is 18.1 Å². The molecule has 0 aromatic heterocycles. The SMILES string of the molecule is CNCc1cc(Cl)cc(OC)c1OCC(F)(F)F. The minimum Gasteiger partial charge on any atom is -0.493 e. The van der Waals surface area contributed by atoms with E-state index in [0.717, 1.165) is 0 Å². The van der Waals surface area contributed by atoms with Crippen molar-refractivity contribution in [2.75, 3.05) is 20.8 Å². The lowest BCUT2D eigenvalue weighted by atomic mass is 10.2. The molecular weight excluding hydrogens is 271 g/mol. The lowest BCUT2D eigenvalue weighted by Gasteiger charge is -2.16. The Labute approximate surface area is 108 Å². The summed E-state index contributed by atoms with van der Waals surface area (Å²) in [6, 6.07) is 2.94. The molecule has 1 N–H and O–H groups in total. The van der Waals surface area contributed by atoms with Crippen LogP contribution in [0.3, 0.4) is 0 Å². The smallest absolute Gasteiger partial charge is 0.422 e. The van der Waals surface area contributed by atoms with Gasteiger partial charge in [-0.2, -0.15) is 13.2 Å². The number of halogens is 4. The number of ether oxygens (including phenoxy) is 2. The zero-order chi connectivity index (χ0) is 13.8. The van der Waals surface area contributed by atoms with E-state index in [4.69, 9.17) is 21.1 Å². The summed E-state index contributed by atoms with van der Waals surface area (Å²) < 4.78 is 46.3. The number of benzene rings is 1. The molecule has 0 bridgehead atoms. The normalized spacial score (nSPS) is 11.4. The molecule has 0 radical (unpaired) electrons. The molecule has 0 spiro atoms. The molecule has 0 heterocycles. The Kier molecular flexibility index (Phi) is 5.10. The first-order valence-corrected chi connectivity index (χ1v) is 5.45. The predicted octanol–water partition coefficient (Wildman–Crippen LogP) is 3.01. The van der Waals surface area contributed by atoms with Crippen LogP contribution in [-0.4, -0.2) is 26.9 Å². The third-order valence-electron chi connectivity index (χ3n) is 2.06. The zero-order valence-corrected chi connectivity index (χ0v) is 10.7. The molecule has 0 saturated carbocycles. The molecule has 18 heavy (non-hydrogen) atoms. The van der Waals surface area contributed by atoms with Gasteiger partial charge >= 0.3 is 6.18 Å². The molecule has 0 saturated heterocycles. The van der Waals surface area contributed by atoms with E-state index in [1.165, 1.54) is 19.2 Å². The summed E-state index contributed by atoms with van der Waals surface area (Å²) in [7, 11) is 3.01. The molecular formula is C11H13ClF3NO2. The lowest BCUT2D eigenvalue weighted by Crippen LogP contribution is -2.20. The average molecular weight is 284 g/mol. The van der Waals surface area contributed by atoms with Crippen molar-refractivity contribution >= 4 is 11.6 Å². The second-order valence-corrected chi connectivity index (χ2v) is 3.97. The topological polar surface area (TPSA) is 30.5 Å². The van der Waals surface area contributed by atoms with Crippen LogP contribution in [0.15, 0.2) is 12.1 Å². The fourth-order valence-electron chi connectivity index (χ4n) is 1.41. The molecule has 0 atom stereocenters. The van der Waals surface area contributed by atoms with E-state index in [-0.39, 0.29) is 11.5 Å². The van der Waals surface area contributed by atoms with E-state index < -0.39 is 12.8 Å². The fraction of sp³-hybridized carbons (Fsp3) is 0.455. The van der Waals surface area contributed by atoms with Gasteiger partial charge in [0.25, 0.3) is 0 Å². The van der Waals surface area contributed by atoms with Gasteiger partial charge in [-0.05, 0) is 13.1 Å². The van der Waals surface area contributed by atoms with Gasteiger partial charge < -0.3 is 14.8 Å². The van der Waals surface area contributed by atoms with Crippen LogP contribution in [0.1, 0.15) is 5.56 Å². The molecule has 0 aliphatic heterocycles. The van der Waals surface area contributed by atoms with Gasteiger partial charge in [-0.3, -0.25) is 0 Å². The molecule has 1 rings (SSSR count). The van der Waals surface area contributed by atoms with Crippen molar-refractivity contribution in [2.45, 2.75) is 12.7 Å². The molecule has 102 valence electrons. The number of methoxy groups -OCH3 is 1. The van der Waals surface area contributed by atoms with Crippen LogP contribution in [0.2, 0.25) is 5.02 Å². The second kappa shape index (κ2) is 6.15. The summed E-state index contributed by atoms with van der Waals surface area (Å²) >= 11 is 5.84. The van der Waals surface area contributed by atoms with Gasteiger partial charge in [0.2, 0.25) is 0 Å². The van der Waals surface area contributed by atoms with E-state index >= 15 is 0 Å². The predicted molar refractivity (Wildman–Crippen MR) is 62.3 cm³/mol. The van der Waals surface area contributed by atoms with Crippen molar-refractivity contribution in [2.24, 2.45) is 0 Å². The highest BCUT2D eigenvalue weighted by Gasteiger charge is 2.29.